The molecule has 1 N–H and O–H groups in total. The molecule has 0 saturated carbocycles. The van der Waals surface area contributed by atoms with Crippen LogP contribution in [0.5, 0.6) is 0 Å². The molecule has 0 aliphatic heterocycles. The third kappa shape index (κ3) is 3.66. The summed E-state index contributed by atoms with van der Waals surface area (Å²) in [5, 5.41) is 4.34. The van der Waals surface area contributed by atoms with Gasteiger partial charge in [-0.3, -0.25) is 0 Å². The van der Waals surface area contributed by atoms with E-state index in [1.807, 2.05) is 12.1 Å². The topological polar surface area (TPSA) is 12.0 Å². The summed E-state index contributed by atoms with van der Waals surface area (Å²) in [6.45, 7) is 2.74. The summed E-state index contributed by atoms with van der Waals surface area (Å²) >= 11 is 19.2. The molecule has 0 radical (unpaired) electrons. The molecule has 0 aliphatic carbocycles. The first-order valence-corrected chi connectivity index (χ1v) is 7.95. The average Bonchev–Trinajstić information content (AvgIpc) is 2.37. The molecule has 0 heterocycles. The molecule has 100 valence electrons. The van der Waals surface area contributed by atoms with E-state index in [1.165, 1.54) is 11.1 Å². The van der Waals surface area contributed by atoms with Gasteiger partial charge in [-0.2, -0.15) is 0 Å². The largest absolute Gasteiger partial charge is 0.380 e. The van der Waals surface area contributed by atoms with E-state index in [2.05, 4.69) is 62.3 Å². The van der Waals surface area contributed by atoms with Gasteiger partial charge in [0.15, 0.2) is 0 Å². The summed E-state index contributed by atoms with van der Waals surface area (Å²) in [6, 6.07) is 10.0. The second-order valence-electron chi connectivity index (χ2n) is 4.17. The van der Waals surface area contributed by atoms with Gasteiger partial charge in [0.2, 0.25) is 0 Å². The van der Waals surface area contributed by atoms with Gasteiger partial charge in [0.1, 0.15) is 0 Å². The summed E-state index contributed by atoms with van der Waals surface area (Å²) in [4.78, 5) is 0. The summed E-state index contributed by atoms with van der Waals surface area (Å²) in [5.41, 5.74) is 3.21. The minimum atomic E-state index is 0.523. The zero-order valence-electron chi connectivity index (χ0n) is 10.1. The molecule has 0 spiro atoms. The number of benzene rings is 2. The van der Waals surface area contributed by atoms with Gasteiger partial charge in [-0.1, -0.05) is 51.3 Å². The van der Waals surface area contributed by atoms with Crippen molar-refractivity contribution in [2.45, 2.75) is 13.5 Å². The second-order valence-corrected chi connectivity index (χ2v) is 6.64. The summed E-state index contributed by atoms with van der Waals surface area (Å²) < 4.78 is 1.88. The number of anilines is 1. The van der Waals surface area contributed by atoms with Crippen LogP contribution in [-0.2, 0) is 6.54 Å². The number of halogens is 4. The Hall–Kier alpha value is -0.220. The van der Waals surface area contributed by atoms with Crippen molar-refractivity contribution in [3.8, 4) is 0 Å². The molecule has 0 saturated heterocycles. The van der Waals surface area contributed by atoms with E-state index in [9.17, 15) is 0 Å². The molecule has 2 aromatic carbocycles. The van der Waals surface area contributed by atoms with Crippen LogP contribution in [0.25, 0.3) is 0 Å². The van der Waals surface area contributed by atoms with Crippen molar-refractivity contribution in [1.29, 1.82) is 0 Å². The smallest absolute Gasteiger partial charge is 0.0835 e. The Bertz CT molecular complexity index is 615. The highest BCUT2D eigenvalue weighted by Gasteiger charge is 2.08. The monoisotopic (exact) mass is 421 g/mol. The highest BCUT2D eigenvalue weighted by molar-refractivity contribution is 9.10. The zero-order valence-corrected chi connectivity index (χ0v) is 14.8. The average molecular weight is 424 g/mol. The zero-order chi connectivity index (χ0) is 14.0. The first kappa shape index (κ1) is 15.2. The lowest BCUT2D eigenvalue weighted by atomic mass is 10.1. The molecule has 0 amide bonds. The SMILES string of the molecule is Cc1ccc(CNc2ccc(Br)c(Cl)c2Cl)c(Br)c1. The Kier molecular flexibility index (Phi) is 5.18. The number of aryl methyl sites for hydroxylation is 1. The van der Waals surface area contributed by atoms with E-state index in [-0.39, 0.29) is 0 Å². The van der Waals surface area contributed by atoms with Crippen molar-refractivity contribution < 1.29 is 0 Å². The standard InChI is InChI=1S/C14H11Br2Cl2N/c1-8-2-3-9(11(16)6-8)7-19-12-5-4-10(15)13(17)14(12)18/h2-6,19H,7H2,1H3. The minimum absolute atomic E-state index is 0.523. The molecule has 0 fully saturated rings. The van der Waals surface area contributed by atoms with Crippen LogP contribution < -0.4 is 5.32 Å². The fraction of sp³-hybridized carbons (Fsp3) is 0.143. The van der Waals surface area contributed by atoms with E-state index in [0.29, 0.717) is 16.6 Å². The van der Waals surface area contributed by atoms with Crippen LogP contribution in [0.1, 0.15) is 11.1 Å². The fourth-order valence-electron chi connectivity index (χ4n) is 1.65. The lowest BCUT2D eigenvalue weighted by Crippen LogP contribution is -2.01. The quantitative estimate of drug-likeness (QED) is 0.560. The third-order valence-electron chi connectivity index (χ3n) is 2.71. The van der Waals surface area contributed by atoms with Crippen LogP contribution in [0.4, 0.5) is 5.69 Å². The number of hydrogen-bond acceptors (Lipinski definition) is 1. The van der Waals surface area contributed by atoms with Gasteiger partial charge in [0.25, 0.3) is 0 Å². The highest BCUT2D eigenvalue weighted by Crippen LogP contribution is 2.36. The van der Waals surface area contributed by atoms with Crippen LogP contribution in [0.15, 0.2) is 39.3 Å². The maximum atomic E-state index is 6.19. The molecular formula is C14H11Br2Cl2N. The molecule has 0 aliphatic rings. The van der Waals surface area contributed by atoms with Gasteiger partial charge in [0.05, 0.1) is 15.7 Å². The second kappa shape index (κ2) is 6.49. The molecule has 5 heteroatoms. The Morgan fingerprint density at radius 3 is 2.42 bits per heavy atom. The van der Waals surface area contributed by atoms with E-state index >= 15 is 0 Å². The van der Waals surface area contributed by atoms with Crippen molar-refractivity contribution in [2.75, 3.05) is 5.32 Å². The molecule has 19 heavy (non-hydrogen) atoms. The predicted molar refractivity (Wildman–Crippen MR) is 90.4 cm³/mol. The maximum absolute atomic E-state index is 6.19. The van der Waals surface area contributed by atoms with Crippen molar-refractivity contribution in [1.82, 2.24) is 0 Å². The molecule has 2 aromatic rings. The van der Waals surface area contributed by atoms with Crippen LogP contribution in [-0.4, -0.2) is 0 Å². The van der Waals surface area contributed by atoms with Crippen molar-refractivity contribution in [2.24, 2.45) is 0 Å². The van der Waals surface area contributed by atoms with Gasteiger partial charge in [-0.25, -0.2) is 0 Å². The number of hydrogen-bond donors (Lipinski definition) is 1. The first-order valence-electron chi connectivity index (χ1n) is 5.61. The summed E-state index contributed by atoms with van der Waals surface area (Å²) in [7, 11) is 0. The van der Waals surface area contributed by atoms with Crippen molar-refractivity contribution in [3.63, 3.8) is 0 Å². The molecule has 0 unspecified atom stereocenters. The van der Waals surface area contributed by atoms with E-state index < -0.39 is 0 Å². The van der Waals surface area contributed by atoms with Gasteiger partial charge in [-0.15, -0.1) is 0 Å². The van der Waals surface area contributed by atoms with Gasteiger partial charge in [-0.05, 0) is 52.2 Å². The van der Waals surface area contributed by atoms with Crippen molar-refractivity contribution >= 4 is 60.7 Å². The molecule has 1 nitrogen and oxygen atoms in total. The Labute approximate surface area is 139 Å². The van der Waals surface area contributed by atoms with Crippen LogP contribution in [0.3, 0.4) is 0 Å². The minimum Gasteiger partial charge on any atom is -0.380 e. The van der Waals surface area contributed by atoms with E-state index in [1.54, 1.807) is 0 Å². The van der Waals surface area contributed by atoms with E-state index in [0.717, 1.165) is 14.6 Å². The summed E-state index contributed by atoms with van der Waals surface area (Å²) in [6.07, 6.45) is 0. The van der Waals surface area contributed by atoms with Crippen molar-refractivity contribution in [3.05, 3.63) is 60.4 Å². The number of nitrogens with one attached hydrogen (secondary N) is 1. The predicted octanol–water partition coefficient (Wildman–Crippen LogP) is 6.44. The summed E-state index contributed by atoms with van der Waals surface area (Å²) in [5.74, 6) is 0. The molecule has 0 aromatic heterocycles. The number of rotatable bonds is 3. The third-order valence-corrected chi connectivity index (χ3v) is 5.22. The lowest BCUT2D eigenvalue weighted by molar-refractivity contribution is 1.13. The van der Waals surface area contributed by atoms with Gasteiger partial charge >= 0.3 is 0 Å². The van der Waals surface area contributed by atoms with Crippen LogP contribution in [0, 0.1) is 6.92 Å². The molecule has 0 atom stereocenters. The Morgan fingerprint density at radius 2 is 1.74 bits per heavy atom. The molecule has 0 bridgehead atoms. The fourth-order valence-corrected chi connectivity index (χ4v) is 3.12. The van der Waals surface area contributed by atoms with Crippen LogP contribution >= 0.6 is 55.1 Å². The van der Waals surface area contributed by atoms with Gasteiger partial charge in [0, 0.05) is 15.5 Å². The maximum Gasteiger partial charge on any atom is 0.0835 e. The lowest BCUT2D eigenvalue weighted by Gasteiger charge is -2.12. The first-order chi connectivity index (χ1) is 8.99. The highest BCUT2D eigenvalue weighted by atomic mass is 79.9. The Morgan fingerprint density at radius 1 is 1.00 bits per heavy atom. The Balaban J connectivity index is 2.17. The van der Waals surface area contributed by atoms with Crippen LogP contribution in [0.2, 0.25) is 10.0 Å². The molecular weight excluding hydrogens is 413 g/mol. The normalized spacial score (nSPS) is 10.6. The molecule has 2 rings (SSSR count). The van der Waals surface area contributed by atoms with Gasteiger partial charge < -0.3 is 5.32 Å². The van der Waals surface area contributed by atoms with E-state index in [4.69, 9.17) is 23.2 Å².